The van der Waals surface area contributed by atoms with E-state index in [1.807, 2.05) is 0 Å². The second-order valence-corrected chi connectivity index (χ2v) is 10.2. The number of aromatic carboxylic acids is 1. The highest BCUT2D eigenvalue weighted by molar-refractivity contribution is 6.51. The summed E-state index contributed by atoms with van der Waals surface area (Å²) in [4.78, 5) is 53.1. The van der Waals surface area contributed by atoms with Gasteiger partial charge in [0.25, 0.3) is 6.47 Å². The van der Waals surface area contributed by atoms with E-state index in [2.05, 4.69) is 4.99 Å². The van der Waals surface area contributed by atoms with E-state index in [1.165, 1.54) is 37.5 Å². The van der Waals surface area contributed by atoms with E-state index in [9.17, 15) is 39.6 Å². The average Bonchev–Trinajstić information content (AvgIpc) is 3.61. The molecule has 0 aromatic heterocycles. The zero-order valence-electron chi connectivity index (χ0n) is 23.0. The summed E-state index contributed by atoms with van der Waals surface area (Å²) < 4.78 is 16.3. The molecule has 4 aliphatic rings. The Morgan fingerprint density at radius 2 is 1.75 bits per heavy atom. The minimum atomic E-state index is -1.77. The number of ketones is 2. The fourth-order valence-electron chi connectivity index (χ4n) is 5.69. The first-order valence-electron chi connectivity index (χ1n) is 13.3. The number of hydrogen-bond acceptors (Lipinski definition) is 11. The van der Waals surface area contributed by atoms with E-state index in [1.54, 1.807) is 12.1 Å². The first-order chi connectivity index (χ1) is 21.1. The standard InChI is InChI=1S/C32H23NO11/c1-42-22-4-2-14-8-16-9-17-11-19(32(40)41)31(43-13-34)30(39)25(17)24(16)29(38)26(14)28(37)20(35)3-5-23(22)44-18-10-15-6-7-33-27(15)21(36)12-18/h2-5,8,10-13,20,35,38-39H,6-7,9H2,1H3,(H,40,41)/b4-2+,5-3+,23-22-. The molecule has 0 bridgehead atoms. The molecule has 0 amide bonds. The molecule has 0 saturated heterocycles. The second kappa shape index (κ2) is 10.8. The highest BCUT2D eigenvalue weighted by Crippen LogP contribution is 2.53. The van der Waals surface area contributed by atoms with E-state index in [0.717, 1.165) is 11.6 Å². The lowest BCUT2D eigenvalue weighted by molar-refractivity contribution is -0.120. The normalized spacial score (nSPS) is 21.5. The molecule has 12 nitrogen and oxygen atoms in total. The number of carboxylic acid groups (broad SMARTS) is 1. The molecule has 3 aliphatic carbocycles. The Morgan fingerprint density at radius 3 is 2.48 bits per heavy atom. The number of aliphatic hydroxyl groups excluding tert-OH is 1. The summed E-state index contributed by atoms with van der Waals surface area (Å²) in [7, 11) is 1.38. The van der Waals surface area contributed by atoms with Crippen molar-refractivity contribution in [2.75, 3.05) is 13.7 Å². The quantitative estimate of drug-likeness (QED) is 0.241. The van der Waals surface area contributed by atoms with Crippen molar-refractivity contribution >= 4 is 35.8 Å². The van der Waals surface area contributed by atoms with Gasteiger partial charge in [0, 0.05) is 23.7 Å². The molecule has 0 radical (unpaired) electrons. The van der Waals surface area contributed by atoms with Gasteiger partial charge in [0.2, 0.25) is 5.78 Å². The monoisotopic (exact) mass is 597 g/mol. The van der Waals surface area contributed by atoms with Crippen LogP contribution in [0.4, 0.5) is 0 Å². The summed E-state index contributed by atoms with van der Waals surface area (Å²) in [6.07, 6.45) is 7.25. The van der Waals surface area contributed by atoms with Crippen LogP contribution in [0.15, 0.2) is 70.4 Å². The van der Waals surface area contributed by atoms with Gasteiger partial charge < -0.3 is 34.6 Å². The van der Waals surface area contributed by atoms with Gasteiger partial charge in [-0.25, -0.2) is 4.79 Å². The van der Waals surface area contributed by atoms with Crippen molar-refractivity contribution in [3.63, 3.8) is 0 Å². The number of rotatable bonds is 6. The van der Waals surface area contributed by atoms with E-state index in [0.29, 0.717) is 29.8 Å². The molecule has 0 spiro atoms. The molecular weight excluding hydrogens is 574 g/mol. The van der Waals surface area contributed by atoms with Gasteiger partial charge in [-0.05, 0) is 71.5 Å². The number of aliphatic imine (C=N–C) groups is 1. The fourth-order valence-corrected chi connectivity index (χ4v) is 5.69. The fraction of sp³-hybridized carbons (Fsp3) is 0.156. The topological polar surface area (TPSA) is 189 Å². The van der Waals surface area contributed by atoms with Crippen LogP contribution in [0.25, 0.3) is 17.2 Å². The molecular formula is C32H23NO11. The van der Waals surface area contributed by atoms with Crippen molar-refractivity contribution in [3.8, 4) is 28.4 Å². The number of phenols is 2. The Labute approximate surface area is 248 Å². The van der Waals surface area contributed by atoms with Crippen LogP contribution in [0, 0.1) is 0 Å². The van der Waals surface area contributed by atoms with Crippen LogP contribution < -0.4 is 4.74 Å². The van der Waals surface area contributed by atoms with Crippen molar-refractivity contribution in [2.45, 2.75) is 18.9 Å². The molecule has 1 aliphatic heterocycles. The Bertz CT molecular complexity index is 1890. The molecule has 1 unspecified atom stereocenters. The van der Waals surface area contributed by atoms with Gasteiger partial charge in [-0.2, -0.15) is 0 Å². The van der Waals surface area contributed by atoms with Crippen LogP contribution >= 0.6 is 0 Å². The van der Waals surface area contributed by atoms with E-state index >= 15 is 0 Å². The number of carbonyl (C=O) groups is 4. The number of allylic oxidation sites excluding steroid dienone is 4. The number of fused-ring (bicyclic) bond motifs is 5. The number of aromatic hydroxyl groups is 2. The zero-order valence-corrected chi connectivity index (χ0v) is 23.0. The van der Waals surface area contributed by atoms with Gasteiger partial charge in [-0.1, -0.05) is 6.08 Å². The largest absolute Gasteiger partial charge is 0.507 e. The minimum absolute atomic E-state index is 0.00546. The number of carboxylic acids is 1. The molecule has 1 heterocycles. The maximum atomic E-state index is 13.5. The third-order valence-electron chi connectivity index (χ3n) is 7.60. The summed E-state index contributed by atoms with van der Waals surface area (Å²) >= 11 is 0. The van der Waals surface area contributed by atoms with Gasteiger partial charge in [0.05, 0.1) is 12.7 Å². The summed E-state index contributed by atoms with van der Waals surface area (Å²) in [6.45, 7) is 0.471. The Morgan fingerprint density at radius 1 is 1.00 bits per heavy atom. The summed E-state index contributed by atoms with van der Waals surface area (Å²) in [6, 6.07) is 2.77. The molecule has 2 aromatic carbocycles. The number of nitrogens with zero attached hydrogens (tertiary/aromatic N) is 1. The number of Topliss-reactive ketones (excluding diaryl/α,β-unsaturated/α-hetero) is 1. The Hall–Kier alpha value is -5.75. The van der Waals surface area contributed by atoms with Crippen LogP contribution in [0.1, 0.15) is 43.8 Å². The number of carbonyl (C=O) groups excluding carboxylic acids is 3. The zero-order chi connectivity index (χ0) is 31.3. The lowest BCUT2D eigenvalue weighted by Gasteiger charge is -2.18. The van der Waals surface area contributed by atoms with Crippen LogP contribution in [-0.4, -0.2) is 69.9 Å². The summed E-state index contributed by atoms with van der Waals surface area (Å²) in [5, 5.41) is 42.9. The number of methoxy groups -OCH3 is 1. The molecule has 4 N–H and O–H groups in total. The van der Waals surface area contributed by atoms with Crippen molar-refractivity contribution in [1.29, 1.82) is 0 Å². The van der Waals surface area contributed by atoms with Gasteiger partial charge in [0.1, 0.15) is 28.9 Å². The molecule has 44 heavy (non-hydrogen) atoms. The second-order valence-electron chi connectivity index (χ2n) is 10.2. The number of phenolic OH excluding ortho intramolecular Hbond substituents is 2. The molecule has 12 heteroatoms. The highest BCUT2D eigenvalue weighted by atomic mass is 16.5. The van der Waals surface area contributed by atoms with E-state index < -0.39 is 40.7 Å². The van der Waals surface area contributed by atoms with Crippen LogP contribution in [0.2, 0.25) is 0 Å². The van der Waals surface area contributed by atoms with E-state index in [4.69, 9.17) is 14.2 Å². The average molecular weight is 598 g/mol. The predicted molar refractivity (Wildman–Crippen MR) is 153 cm³/mol. The highest BCUT2D eigenvalue weighted by Gasteiger charge is 2.35. The number of ether oxygens (including phenoxy) is 3. The van der Waals surface area contributed by atoms with Gasteiger partial charge in [-0.3, -0.25) is 19.4 Å². The maximum absolute atomic E-state index is 13.5. The molecule has 1 atom stereocenters. The van der Waals surface area contributed by atoms with E-state index in [-0.39, 0.29) is 58.2 Å². The van der Waals surface area contributed by atoms with Crippen LogP contribution in [0.5, 0.6) is 17.2 Å². The Kier molecular flexibility index (Phi) is 6.98. The van der Waals surface area contributed by atoms with Gasteiger partial charge in [-0.15, -0.1) is 0 Å². The lowest BCUT2D eigenvalue weighted by atomic mass is 9.91. The van der Waals surface area contributed by atoms with Crippen molar-refractivity contribution in [3.05, 3.63) is 93.2 Å². The number of aliphatic hydroxyl groups is 1. The maximum Gasteiger partial charge on any atom is 0.339 e. The summed E-state index contributed by atoms with van der Waals surface area (Å²) in [5.74, 6) is -4.05. The number of hydrogen-bond donors (Lipinski definition) is 4. The minimum Gasteiger partial charge on any atom is -0.507 e. The summed E-state index contributed by atoms with van der Waals surface area (Å²) in [5.41, 5.74) is 1.34. The van der Waals surface area contributed by atoms with Crippen LogP contribution in [-0.2, 0) is 25.5 Å². The van der Waals surface area contributed by atoms with Crippen LogP contribution in [0.3, 0.4) is 0 Å². The van der Waals surface area contributed by atoms with Crippen molar-refractivity contribution in [1.82, 2.24) is 0 Å². The molecule has 0 fully saturated rings. The van der Waals surface area contributed by atoms with Gasteiger partial charge in [0.15, 0.2) is 28.8 Å². The smallest absolute Gasteiger partial charge is 0.339 e. The molecule has 222 valence electrons. The molecule has 0 saturated carbocycles. The van der Waals surface area contributed by atoms with Crippen molar-refractivity contribution in [2.24, 2.45) is 4.99 Å². The third-order valence-corrected chi connectivity index (χ3v) is 7.60. The van der Waals surface area contributed by atoms with Gasteiger partial charge >= 0.3 is 5.97 Å². The lowest BCUT2D eigenvalue weighted by Crippen LogP contribution is -2.20. The molecule has 6 rings (SSSR count). The third kappa shape index (κ3) is 4.57. The first-order valence-corrected chi connectivity index (χ1v) is 13.3. The molecule has 2 aromatic rings. The predicted octanol–water partition coefficient (Wildman–Crippen LogP) is 3.14. The SMILES string of the molecule is COC1=C(OC2=CC(=O)C3=NCCC3=C2)/C=C/C(O)C(=O)c2c(cc3c(c2O)-c2c(cc(C(=O)O)c(OC=O)c2O)C3)\C=C\1. The van der Waals surface area contributed by atoms with Crippen molar-refractivity contribution < 1.29 is 53.8 Å². The number of benzene rings is 2. The first kappa shape index (κ1) is 28.4. The Balaban J connectivity index is 1.47.